The van der Waals surface area contributed by atoms with E-state index in [0.29, 0.717) is 6.42 Å². The number of carbonyl (C=O) groups is 5. The SMILES string of the molecule is CCC(C)C(NC(=O)C(N)CS)C(=O)NC(CS)C(=O)NC(CCC(=O)O)C(=O)O. The van der Waals surface area contributed by atoms with E-state index in [2.05, 4.69) is 41.2 Å². The lowest BCUT2D eigenvalue weighted by molar-refractivity contribution is -0.143. The van der Waals surface area contributed by atoms with Crippen LogP contribution in [0.5, 0.6) is 0 Å². The monoisotopic (exact) mass is 466 g/mol. The summed E-state index contributed by atoms with van der Waals surface area (Å²) < 4.78 is 0. The van der Waals surface area contributed by atoms with Crippen molar-refractivity contribution < 1.29 is 34.2 Å². The van der Waals surface area contributed by atoms with E-state index >= 15 is 0 Å². The summed E-state index contributed by atoms with van der Waals surface area (Å²) >= 11 is 7.96. The average molecular weight is 467 g/mol. The largest absolute Gasteiger partial charge is 0.481 e. The molecule has 0 aliphatic carbocycles. The summed E-state index contributed by atoms with van der Waals surface area (Å²) in [6.07, 6.45) is -0.234. The van der Waals surface area contributed by atoms with E-state index in [1.165, 1.54) is 0 Å². The molecule has 0 radical (unpaired) electrons. The molecule has 5 atom stereocenters. The number of rotatable bonds is 14. The van der Waals surface area contributed by atoms with Crippen LogP contribution in [0, 0.1) is 5.92 Å². The van der Waals surface area contributed by atoms with Gasteiger partial charge in [0.2, 0.25) is 17.7 Å². The number of hydrogen-bond donors (Lipinski definition) is 8. The molecule has 0 rings (SSSR count). The van der Waals surface area contributed by atoms with Crippen molar-refractivity contribution in [3.8, 4) is 0 Å². The van der Waals surface area contributed by atoms with Gasteiger partial charge < -0.3 is 31.9 Å². The van der Waals surface area contributed by atoms with Crippen molar-refractivity contribution in [3.05, 3.63) is 0 Å². The van der Waals surface area contributed by atoms with E-state index in [9.17, 15) is 24.0 Å². The van der Waals surface area contributed by atoms with E-state index in [1.807, 2.05) is 6.92 Å². The van der Waals surface area contributed by atoms with Crippen LogP contribution in [0.15, 0.2) is 0 Å². The third kappa shape index (κ3) is 9.67. The van der Waals surface area contributed by atoms with Crippen LogP contribution in [-0.2, 0) is 24.0 Å². The summed E-state index contributed by atoms with van der Waals surface area (Å²) in [7, 11) is 0. The quantitative estimate of drug-likeness (QED) is 0.144. The zero-order valence-electron chi connectivity index (χ0n) is 16.8. The molecule has 30 heavy (non-hydrogen) atoms. The van der Waals surface area contributed by atoms with Gasteiger partial charge in [0, 0.05) is 17.9 Å². The molecule has 13 heteroatoms. The maximum atomic E-state index is 12.7. The van der Waals surface area contributed by atoms with Gasteiger partial charge in [0.1, 0.15) is 18.1 Å². The Balaban J connectivity index is 5.23. The summed E-state index contributed by atoms with van der Waals surface area (Å²) in [5.74, 6) is -5.03. The van der Waals surface area contributed by atoms with E-state index < -0.39 is 60.2 Å². The van der Waals surface area contributed by atoms with E-state index in [-0.39, 0.29) is 23.8 Å². The fourth-order valence-corrected chi connectivity index (χ4v) is 2.72. The maximum absolute atomic E-state index is 12.7. The van der Waals surface area contributed by atoms with Gasteiger partial charge in [-0.3, -0.25) is 19.2 Å². The van der Waals surface area contributed by atoms with Gasteiger partial charge in [-0.1, -0.05) is 20.3 Å². The highest BCUT2D eigenvalue weighted by Gasteiger charge is 2.31. The molecule has 0 bridgehead atoms. The number of carboxylic acid groups (broad SMARTS) is 2. The first-order valence-electron chi connectivity index (χ1n) is 9.31. The Morgan fingerprint density at radius 1 is 0.900 bits per heavy atom. The zero-order chi connectivity index (χ0) is 23.4. The maximum Gasteiger partial charge on any atom is 0.326 e. The first-order valence-corrected chi connectivity index (χ1v) is 10.6. The van der Waals surface area contributed by atoms with Crippen molar-refractivity contribution in [2.75, 3.05) is 11.5 Å². The van der Waals surface area contributed by atoms with Crippen molar-refractivity contribution >= 4 is 54.9 Å². The van der Waals surface area contributed by atoms with Crippen molar-refractivity contribution in [2.24, 2.45) is 11.7 Å². The van der Waals surface area contributed by atoms with Crippen LogP contribution in [0.2, 0.25) is 0 Å². The van der Waals surface area contributed by atoms with Gasteiger partial charge in [-0.25, -0.2) is 4.79 Å². The molecular formula is C17H30N4O7S2. The summed E-state index contributed by atoms with van der Waals surface area (Å²) in [6.45, 7) is 3.55. The first-order chi connectivity index (χ1) is 14.0. The number of hydrogen-bond acceptors (Lipinski definition) is 8. The van der Waals surface area contributed by atoms with Crippen LogP contribution >= 0.6 is 25.3 Å². The summed E-state index contributed by atoms with van der Waals surface area (Å²) in [6, 6.07) is -4.53. The lowest BCUT2D eigenvalue weighted by atomic mass is 9.97. The van der Waals surface area contributed by atoms with Crippen molar-refractivity contribution in [3.63, 3.8) is 0 Å². The van der Waals surface area contributed by atoms with E-state index in [1.54, 1.807) is 6.92 Å². The number of carboxylic acids is 2. The molecule has 0 fully saturated rings. The number of nitrogens with two attached hydrogens (primary N) is 1. The Labute approximate surface area is 185 Å². The Bertz CT molecular complexity index is 635. The molecule has 0 aromatic heterocycles. The minimum Gasteiger partial charge on any atom is -0.481 e. The summed E-state index contributed by atoms with van der Waals surface area (Å²) in [4.78, 5) is 59.1. The first kappa shape index (κ1) is 28.0. The average Bonchev–Trinajstić information content (AvgIpc) is 2.70. The van der Waals surface area contributed by atoms with Gasteiger partial charge in [-0.2, -0.15) is 25.3 Å². The molecule has 7 N–H and O–H groups in total. The highest BCUT2D eigenvalue weighted by Crippen LogP contribution is 2.09. The second kappa shape index (κ2) is 14.1. The third-order valence-electron chi connectivity index (χ3n) is 4.40. The molecule has 0 spiro atoms. The van der Waals surface area contributed by atoms with Crippen LogP contribution in [0.3, 0.4) is 0 Å². The van der Waals surface area contributed by atoms with Gasteiger partial charge >= 0.3 is 11.9 Å². The fourth-order valence-electron chi connectivity index (χ4n) is 2.30. The molecule has 5 unspecified atom stereocenters. The second-order valence-electron chi connectivity index (χ2n) is 6.74. The number of aliphatic carboxylic acids is 2. The molecule has 0 saturated carbocycles. The van der Waals surface area contributed by atoms with Crippen LogP contribution in [0.25, 0.3) is 0 Å². The Morgan fingerprint density at radius 2 is 1.47 bits per heavy atom. The van der Waals surface area contributed by atoms with Gasteiger partial charge in [-0.15, -0.1) is 0 Å². The summed E-state index contributed by atoms with van der Waals surface area (Å²) in [5, 5.41) is 25.0. The van der Waals surface area contributed by atoms with E-state index in [0.717, 1.165) is 0 Å². The number of carbonyl (C=O) groups excluding carboxylic acids is 3. The predicted molar refractivity (Wildman–Crippen MR) is 115 cm³/mol. The van der Waals surface area contributed by atoms with Gasteiger partial charge in [0.25, 0.3) is 0 Å². The minimum atomic E-state index is -1.44. The topological polar surface area (TPSA) is 188 Å². The number of amides is 3. The molecule has 11 nitrogen and oxygen atoms in total. The molecule has 0 aromatic rings. The lowest BCUT2D eigenvalue weighted by Gasteiger charge is -2.27. The summed E-state index contributed by atoms with van der Waals surface area (Å²) in [5.41, 5.74) is 5.62. The predicted octanol–water partition coefficient (Wildman–Crippen LogP) is -1.38. The van der Waals surface area contributed by atoms with Gasteiger partial charge in [0.15, 0.2) is 0 Å². The van der Waals surface area contributed by atoms with Gasteiger partial charge in [-0.05, 0) is 12.3 Å². The minimum absolute atomic E-state index is 0.0786. The Morgan fingerprint density at radius 3 is 1.90 bits per heavy atom. The van der Waals surface area contributed by atoms with Crippen molar-refractivity contribution in [1.82, 2.24) is 16.0 Å². The van der Waals surface area contributed by atoms with Crippen LogP contribution < -0.4 is 21.7 Å². The third-order valence-corrected chi connectivity index (χ3v) is 5.16. The van der Waals surface area contributed by atoms with Gasteiger partial charge in [0.05, 0.1) is 6.04 Å². The van der Waals surface area contributed by atoms with Crippen LogP contribution in [-0.4, -0.2) is 75.5 Å². The van der Waals surface area contributed by atoms with E-state index in [4.69, 9.17) is 15.9 Å². The zero-order valence-corrected chi connectivity index (χ0v) is 18.6. The number of nitrogens with one attached hydrogen (secondary N) is 3. The molecule has 172 valence electrons. The number of thiol groups is 2. The van der Waals surface area contributed by atoms with Crippen LogP contribution in [0.1, 0.15) is 33.1 Å². The molecule has 0 aromatic carbocycles. The van der Waals surface area contributed by atoms with Crippen LogP contribution in [0.4, 0.5) is 0 Å². The molecule has 0 saturated heterocycles. The normalized spacial score (nSPS) is 15.8. The molecule has 0 aliphatic rings. The smallest absolute Gasteiger partial charge is 0.326 e. The highest BCUT2D eigenvalue weighted by atomic mass is 32.1. The molecular weight excluding hydrogens is 436 g/mol. The second-order valence-corrected chi connectivity index (χ2v) is 7.47. The van der Waals surface area contributed by atoms with Crippen molar-refractivity contribution in [1.29, 1.82) is 0 Å². The Hall–Kier alpha value is -1.99. The van der Waals surface area contributed by atoms with Crippen molar-refractivity contribution in [2.45, 2.75) is 57.3 Å². The molecule has 0 heterocycles. The molecule has 0 aliphatic heterocycles. The fraction of sp³-hybridized carbons (Fsp3) is 0.706. The lowest BCUT2D eigenvalue weighted by Crippen LogP contribution is -2.59. The Kier molecular flexibility index (Phi) is 13.2. The highest BCUT2D eigenvalue weighted by molar-refractivity contribution is 7.80. The standard InChI is InChI=1S/C17H30N4O7S2/c1-3-8(2)13(21-14(24)9(18)6-29)16(26)20-11(7-30)15(25)19-10(17(27)28)4-5-12(22)23/h8-11,13,29-30H,3-7,18H2,1-2H3,(H,19,25)(H,20,26)(H,21,24)(H,22,23)(H,27,28). The molecule has 3 amide bonds.